The zero-order chi connectivity index (χ0) is 11.4. The van der Waals surface area contributed by atoms with Gasteiger partial charge in [-0.3, -0.25) is 4.79 Å². The fourth-order valence-electron chi connectivity index (χ4n) is 1.09. The van der Waals surface area contributed by atoms with Gasteiger partial charge < -0.3 is 11.1 Å². The second-order valence-corrected chi connectivity index (χ2v) is 4.45. The topological polar surface area (TPSA) is 55.1 Å². The lowest BCUT2D eigenvalue weighted by Gasteiger charge is -2.11. The molecule has 0 saturated heterocycles. The molecule has 0 aromatic heterocycles. The maximum atomic E-state index is 11.6. The Kier molecular flexibility index (Phi) is 4.15. The summed E-state index contributed by atoms with van der Waals surface area (Å²) < 4.78 is 0.904. The highest BCUT2D eigenvalue weighted by molar-refractivity contribution is 9.10. The number of nitrogen functional groups attached to an aromatic ring is 1. The first-order valence-corrected chi connectivity index (χ1v) is 5.69. The van der Waals surface area contributed by atoms with Crippen LogP contribution in [0.1, 0.15) is 20.3 Å². The Balaban J connectivity index is 2.77. The van der Waals surface area contributed by atoms with Crippen molar-refractivity contribution in [3.63, 3.8) is 0 Å². The normalized spacial score (nSPS) is 12.2. The van der Waals surface area contributed by atoms with Crippen molar-refractivity contribution in [3.05, 3.63) is 22.7 Å². The number of nitrogens with two attached hydrogens (primary N) is 1. The molecule has 82 valence electrons. The Morgan fingerprint density at radius 1 is 1.60 bits per heavy atom. The summed E-state index contributed by atoms with van der Waals surface area (Å²) in [5.41, 5.74) is 7.01. The van der Waals surface area contributed by atoms with Crippen molar-refractivity contribution in [2.75, 3.05) is 11.1 Å². The van der Waals surface area contributed by atoms with Crippen molar-refractivity contribution in [2.24, 2.45) is 5.92 Å². The molecule has 1 unspecified atom stereocenters. The van der Waals surface area contributed by atoms with Gasteiger partial charge in [-0.2, -0.15) is 0 Å². The minimum Gasteiger partial charge on any atom is -0.397 e. The number of amides is 1. The number of anilines is 2. The largest absolute Gasteiger partial charge is 0.397 e. The van der Waals surface area contributed by atoms with Crippen LogP contribution in [0.4, 0.5) is 11.4 Å². The highest BCUT2D eigenvalue weighted by atomic mass is 79.9. The molecule has 0 spiro atoms. The Morgan fingerprint density at radius 3 is 2.80 bits per heavy atom. The van der Waals surface area contributed by atoms with Crippen LogP contribution in [-0.4, -0.2) is 5.91 Å². The number of carbonyl (C=O) groups excluding carboxylic acids is 1. The molecule has 0 radical (unpaired) electrons. The standard InChI is InChI=1S/C11H15BrN2O/c1-3-7(2)11(15)14-10-5-4-8(12)6-9(10)13/h4-7H,3,13H2,1-2H3,(H,14,15). The summed E-state index contributed by atoms with van der Waals surface area (Å²) in [6.07, 6.45) is 0.822. The van der Waals surface area contributed by atoms with Crippen LogP contribution in [0.15, 0.2) is 22.7 Å². The van der Waals surface area contributed by atoms with Gasteiger partial charge in [0.1, 0.15) is 0 Å². The third-order valence-electron chi connectivity index (χ3n) is 2.33. The molecular weight excluding hydrogens is 256 g/mol. The number of nitrogens with one attached hydrogen (secondary N) is 1. The highest BCUT2D eigenvalue weighted by Crippen LogP contribution is 2.23. The first-order chi connectivity index (χ1) is 7.04. The van der Waals surface area contributed by atoms with Crippen molar-refractivity contribution in [1.82, 2.24) is 0 Å². The van der Waals surface area contributed by atoms with Gasteiger partial charge in [0.05, 0.1) is 11.4 Å². The Bertz CT molecular complexity index is 366. The molecule has 0 aliphatic heterocycles. The van der Waals surface area contributed by atoms with Crippen LogP contribution in [0, 0.1) is 5.92 Å². The molecule has 0 bridgehead atoms. The summed E-state index contributed by atoms with van der Waals surface area (Å²) in [5.74, 6) is 0.0135. The van der Waals surface area contributed by atoms with Crippen LogP contribution in [0.5, 0.6) is 0 Å². The molecule has 3 nitrogen and oxygen atoms in total. The van der Waals surface area contributed by atoms with E-state index in [1.807, 2.05) is 19.9 Å². The number of benzene rings is 1. The molecule has 0 aliphatic rings. The maximum Gasteiger partial charge on any atom is 0.227 e. The molecule has 3 N–H and O–H groups in total. The molecule has 1 aromatic rings. The fourth-order valence-corrected chi connectivity index (χ4v) is 1.47. The quantitative estimate of drug-likeness (QED) is 0.830. The molecule has 1 rings (SSSR count). The third kappa shape index (κ3) is 3.23. The van der Waals surface area contributed by atoms with Gasteiger partial charge in [-0.05, 0) is 24.6 Å². The first kappa shape index (κ1) is 12.0. The van der Waals surface area contributed by atoms with E-state index in [0.717, 1.165) is 10.9 Å². The van der Waals surface area contributed by atoms with Crippen molar-refractivity contribution >= 4 is 33.2 Å². The molecular formula is C11H15BrN2O. The second kappa shape index (κ2) is 5.16. The molecule has 15 heavy (non-hydrogen) atoms. The Morgan fingerprint density at radius 2 is 2.27 bits per heavy atom. The van der Waals surface area contributed by atoms with Gasteiger partial charge in [0.25, 0.3) is 0 Å². The lowest BCUT2D eigenvalue weighted by Crippen LogP contribution is -2.20. The molecule has 1 atom stereocenters. The van der Waals surface area contributed by atoms with E-state index in [4.69, 9.17) is 5.73 Å². The molecule has 0 heterocycles. The summed E-state index contributed by atoms with van der Waals surface area (Å²) in [6, 6.07) is 5.41. The van der Waals surface area contributed by atoms with Crippen molar-refractivity contribution in [2.45, 2.75) is 20.3 Å². The zero-order valence-electron chi connectivity index (χ0n) is 8.88. The van der Waals surface area contributed by atoms with Gasteiger partial charge in [0.2, 0.25) is 5.91 Å². The number of rotatable bonds is 3. The third-order valence-corrected chi connectivity index (χ3v) is 2.82. The van der Waals surface area contributed by atoms with Gasteiger partial charge in [-0.15, -0.1) is 0 Å². The van der Waals surface area contributed by atoms with Crippen LogP contribution in [0.2, 0.25) is 0 Å². The van der Waals surface area contributed by atoms with Gasteiger partial charge in [-0.25, -0.2) is 0 Å². The predicted octanol–water partition coefficient (Wildman–Crippen LogP) is 3.02. The number of carbonyl (C=O) groups is 1. The zero-order valence-corrected chi connectivity index (χ0v) is 10.5. The highest BCUT2D eigenvalue weighted by Gasteiger charge is 2.11. The summed E-state index contributed by atoms with van der Waals surface area (Å²) in [4.78, 5) is 11.6. The second-order valence-electron chi connectivity index (χ2n) is 3.53. The van der Waals surface area contributed by atoms with Gasteiger partial charge in [0, 0.05) is 10.4 Å². The van der Waals surface area contributed by atoms with Crippen molar-refractivity contribution in [3.8, 4) is 0 Å². The minimum absolute atomic E-state index is 0.00604. The first-order valence-electron chi connectivity index (χ1n) is 4.90. The van der Waals surface area contributed by atoms with E-state index >= 15 is 0 Å². The monoisotopic (exact) mass is 270 g/mol. The van der Waals surface area contributed by atoms with E-state index in [2.05, 4.69) is 21.2 Å². The summed E-state index contributed by atoms with van der Waals surface area (Å²) >= 11 is 3.31. The Hall–Kier alpha value is -1.03. The fraction of sp³-hybridized carbons (Fsp3) is 0.364. The maximum absolute atomic E-state index is 11.6. The van der Waals surface area contributed by atoms with E-state index in [0.29, 0.717) is 11.4 Å². The molecule has 4 heteroatoms. The Labute approximate surface area is 98.2 Å². The minimum atomic E-state index is 0.00604. The van der Waals surface area contributed by atoms with Crippen molar-refractivity contribution in [1.29, 1.82) is 0 Å². The summed E-state index contributed by atoms with van der Waals surface area (Å²) in [6.45, 7) is 3.87. The number of hydrogen-bond donors (Lipinski definition) is 2. The van der Waals surface area contributed by atoms with E-state index in [9.17, 15) is 4.79 Å². The lowest BCUT2D eigenvalue weighted by atomic mass is 10.1. The summed E-state index contributed by atoms with van der Waals surface area (Å²) in [5, 5.41) is 2.80. The lowest BCUT2D eigenvalue weighted by molar-refractivity contribution is -0.119. The SMILES string of the molecule is CCC(C)C(=O)Nc1ccc(Br)cc1N. The molecule has 0 saturated carbocycles. The average molecular weight is 271 g/mol. The van der Waals surface area contributed by atoms with Crippen LogP contribution in [0.3, 0.4) is 0 Å². The van der Waals surface area contributed by atoms with Gasteiger partial charge in [-0.1, -0.05) is 29.8 Å². The van der Waals surface area contributed by atoms with E-state index < -0.39 is 0 Å². The molecule has 0 fully saturated rings. The van der Waals surface area contributed by atoms with Crippen LogP contribution in [0.25, 0.3) is 0 Å². The number of halogens is 1. The smallest absolute Gasteiger partial charge is 0.227 e. The number of hydrogen-bond acceptors (Lipinski definition) is 2. The van der Waals surface area contributed by atoms with E-state index in [1.54, 1.807) is 12.1 Å². The van der Waals surface area contributed by atoms with E-state index in [1.165, 1.54) is 0 Å². The van der Waals surface area contributed by atoms with Crippen LogP contribution < -0.4 is 11.1 Å². The molecule has 0 aliphatic carbocycles. The van der Waals surface area contributed by atoms with Crippen LogP contribution >= 0.6 is 15.9 Å². The molecule has 1 aromatic carbocycles. The van der Waals surface area contributed by atoms with Gasteiger partial charge in [0.15, 0.2) is 0 Å². The molecule has 1 amide bonds. The summed E-state index contributed by atoms with van der Waals surface area (Å²) in [7, 11) is 0. The van der Waals surface area contributed by atoms with Gasteiger partial charge >= 0.3 is 0 Å². The van der Waals surface area contributed by atoms with Crippen LogP contribution in [-0.2, 0) is 4.79 Å². The predicted molar refractivity (Wildman–Crippen MR) is 66.6 cm³/mol. The average Bonchev–Trinajstić information content (AvgIpc) is 2.20. The van der Waals surface area contributed by atoms with Crippen molar-refractivity contribution < 1.29 is 4.79 Å². The van der Waals surface area contributed by atoms with E-state index in [-0.39, 0.29) is 11.8 Å².